The molecule has 2 heterocycles. The fourth-order valence-electron chi connectivity index (χ4n) is 3.28. The molecule has 4 rings (SSSR count). The van der Waals surface area contributed by atoms with Gasteiger partial charge in [0.25, 0.3) is 0 Å². The Morgan fingerprint density at radius 2 is 1.90 bits per heavy atom. The number of aromatic amines is 1. The second-order valence-electron chi connectivity index (χ2n) is 5.83. The molecule has 2 aromatic carbocycles. The van der Waals surface area contributed by atoms with Gasteiger partial charge >= 0.3 is 0 Å². The molecule has 3 nitrogen and oxygen atoms in total. The van der Waals surface area contributed by atoms with Crippen LogP contribution in [0.25, 0.3) is 21.8 Å². The summed E-state index contributed by atoms with van der Waals surface area (Å²) in [5, 5.41) is 12.9. The maximum Gasteiger partial charge on any atom is 0.105 e. The second kappa shape index (κ2) is 5.17. The lowest BCUT2D eigenvalue weighted by Crippen LogP contribution is -2.26. The Kier molecular flexibility index (Phi) is 3.17. The third kappa shape index (κ3) is 2.23. The minimum Gasteiger partial charge on any atom is -0.386 e. The topological polar surface area (TPSA) is 45.2 Å². The molecule has 1 aliphatic rings. The molecule has 1 aliphatic heterocycles. The molecule has 0 saturated carbocycles. The molecule has 1 fully saturated rings. The number of fused-ring (bicyclic) bond motifs is 3. The average Bonchev–Trinajstić information content (AvgIpc) is 2.93. The normalized spacial score (nSPS) is 20.9. The maximum absolute atomic E-state index is 10.6. The Morgan fingerprint density at radius 3 is 2.76 bits per heavy atom. The third-order valence-corrected chi connectivity index (χ3v) is 4.44. The van der Waals surface area contributed by atoms with Crippen LogP contribution in [0.15, 0.2) is 42.5 Å². The van der Waals surface area contributed by atoms with Gasteiger partial charge in [0, 0.05) is 28.4 Å². The van der Waals surface area contributed by atoms with Gasteiger partial charge in [-0.05, 0) is 43.0 Å². The fraction of sp³-hybridized carbons (Fsp3) is 0.333. The predicted molar refractivity (Wildman–Crippen MR) is 84.4 cm³/mol. The van der Waals surface area contributed by atoms with Crippen LogP contribution in [0.5, 0.6) is 0 Å². The van der Waals surface area contributed by atoms with Gasteiger partial charge in [-0.15, -0.1) is 0 Å². The first-order chi connectivity index (χ1) is 10.3. The molecule has 0 bridgehead atoms. The molecule has 1 saturated heterocycles. The van der Waals surface area contributed by atoms with E-state index in [0.717, 1.165) is 47.9 Å². The highest BCUT2D eigenvalue weighted by Crippen LogP contribution is 2.31. The van der Waals surface area contributed by atoms with E-state index < -0.39 is 6.10 Å². The molecule has 3 heteroatoms. The zero-order valence-corrected chi connectivity index (χ0v) is 11.9. The molecular weight excluding hydrogens is 262 g/mol. The summed E-state index contributed by atoms with van der Waals surface area (Å²) < 4.78 is 5.72. The highest BCUT2D eigenvalue weighted by molar-refractivity contribution is 6.07. The predicted octanol–water partition coefficient (Wildman–Crippen LogP) is 3.92. The lowest BCUT2D eigenvalue weighted by molar-refractivity contribution is -0.0632. The van der Waals surface area contributed by atoms with Gasteiger partial charge in [-0.3, -0.25) is 0 Å². The van der Waals surface area contributed by atoms with Gasteiger partial charge < -0.3 is 14.8 Å². The van der Waals surface area contributed by atoms with Crippen molar-refractivity contribution in [2.45, 2.75) is 31.5 Å². The smallest absolute Gasteiger partial charge is 0.105 e. The van der Waals surface area contributed by atoms with Crippen molar-refractivity contribution in [1.82, 2.24) is 4.98 Å². The quantitative estimate of drug-likeness (QED) is 0.747. The summed E-state index contributed by atoms with van der Waals surface area (Å²) in [6, 6.07) is 14.4. The van der Waals surface area contributed by atoms with Crippen molar-refractivity contribution in [3.63, 3.8) is 0 Å². The fourth-order valence-corrected chi connectivity index (χ4v) is 3.28. The van der Waals surface area contributed by atoms with Gasteiger partial charge in [-0.2, -0.15) is 0 Å². The number of para-hydroxylation sites is 1. The third-order valence-electron chi connectivity index (χ3n) is 4.44. The monoisotopic (exact) mass is 281 g/mol. The van der Waals surface area contributed by atoms with Crippen molar-refractivity contribution >= 4 is 21.8 Å². The van der Waals surface area contributed by atoms with Crippen LogP contribution in [-0.2, 0) is 4.74 Å². The van der Waals surface area contributed by atoms with E-state index in [4.69, 9.17) is 4.74 Å². The van der Waals surface area contributed by atoms with Crippen molar-refractivity contribution < 1.29 is 9.84 Å². The number of rotatable bonds is 2. The Labute approximate surface area is 123 Å². The molecule has 21 heavy (non-hydrogen) atoms. The van der Waals surface area contributed by atoms with Crippen molar-refractivity contribution in [3.8, 4) is 0 Å². The van der Waals surface area contributed by atoms with Crippen molar-refractivity contribution in [2.75, 3.05) is 6.61 Å². The van der Waals surface area contributed by atoms with Gasteiger partial charge in [0.2, 0.25) is 0 Å². The summed E-state index contributed by atoms with van der Waals surface area (Å²) in [6.07, 6.45) is 2.57. The lowest BCUT2D eigenvalue weighted by Gasteiger charge is -2.27. The SMILES string of the molecule is OC(c1ccc2[nH]c3ccccc3c2c1)C1CCCCO1. The van der Waals surface area contributed by atoms with Gasteiger partial charge in [0.1, 0.15) is 6.10 Å². The summed E-state index contributed by atoms with van der Waals surface area (Å²) in [5.74, 6) is 0. The van der Waals surface area contributed by atoms with E-state index in [0.29, 0.717) is 0 Å². The Morgan fingerprint density at radius 1 is 1.05 bits per heavy atom. The Hall–Kier alpha value is -1.84. The van der Waals surface area contributed by atoms with Gasteiger partial charge in [-0.1, -0.05) is 24.3 Å². The van der Waals surface area contributed by atoms with Crippen LogP contribution in [0, 0.1) is 0 Å². The average molecular weight is 281 g/mol. The summed E-state index contributed by atoms with van der Waals surface area (Å²) in [7, 11) is 0. The summed E-state index contributed by atoms with van der Waals surface area (Å²) in [6.45, 7) is 0.761. The molecule has 108 valence electrons. The minimum absolute atomic E-state index is 0.0681. The second-order valence-corrected chi connectivity index (χ2v) is 5.83. The van der Waals surface area contributed by atoms with Crippen LogP contribution in [0.2, 0.25) is 0 Å². The molecule has 3 aromatic rings. The number of aromatic nitrogens is 1. The van der Waals surface area contributed by atoms with Gasteiger partial charge in [-0.25, -0.2) is 0 Å². The first-order valence-corrected chi connectivity index (χ1v) is 7.63. The Balaban J connectivity index is 1.76. The van der Waals surface area contributed by atoms with Crippen molar-refractivity contribution in [2.24, 2.45) is 0 Å². The van der Waals surface area contributed by atoms with E-state index in [-0.39, 0.29) is 6.10 Å². The Bertz CT molecular complexity index is 771. The summed E-state index contributed by atoms with van der Waals surface area (Å²) in [5.41, 5.74) is 3.18. The number of aliphatic hydroxyl groups is 1. The van der Waals surface area contributed by atoms with E-state index in [1.165, 1.54) is 5.39 Å². The van der Waals surface area contributed by atoms with E-state index in [1.54, 1.807) is 0 Å². The number of ether oxygens (including phenoxy) is 1. The van der Waals surface area contributed by atoms with E-state index in [2.05, 4.69) is 29.2 Å². The molecule has 0 amide bonds. The van der Waals surface area contributed by atoms with Crippen LogP contribution in [0.3, 0.4) is 0 Å². The van der Waals surface area contributed by atoms with E-state index >= 15 is 0 Å². The first kappa shape index (κ1) is 12.9. The highest BCUT2D eigenvalue weighted by atomic mass is 16.5. The molecule has 1 aromatic heterocycles. The van der Waals surface area contributed by atoms with Crippen molar-refractivity contribution in [1.29, 1.82) is 0 Å². The number of aliphatic hydroxyl groups excluding tert-OH is 1. The minimum atomic E-state index is -0.539. The molecule has 0 aliphatic carbocycles. The molecule has 2 N–H and O–H groups in total. The highest BCUT2D eigenvalue weighted by Gasteiger charge is 2.24. The molecule has 0 spiro atoms. The number of benzene rings is 2. The zero-order valence-electron chi connectivity index (χ0n) is 11.9. The van der Waals surface area contributed by atoms with E-state index in [9.17, 15) is 5.11 Å². The van der Waals surface area contributed by atoms with Crippen LogP contribution in [0.4, 0.5) is 0 Å². The summed E-state index contributed by atoms with van der Waals surface area (Å²) in [4.78, 5) is 3.41. The zero-order chi connectivity index (χ0) is 14.2. The van der Waals surface area contributed by atoms with Crippen LogP contribution in [-0.4, -0.2) is 22.8 Å². The first-order valence-electron chi connectivity index (χ1n) is 7.63. The van der Waals surface area contributed by atoms with Crippen LogP contribution < -0.4 is 0 Å². The van der Waals surface area contributed by atoms with Gasteiger partial charge in [0.05, 0.1) is 6.10 Å². The van der Waals surface area contributed by atoms with Gasteiger partial charge in [0.15, 0.2) is 0 Å². The molecular formula is C18H19NO2. The van der Waals surface area contributed by atoms with Crippen molar-refractivity contribution in [3.05, 3.63) is 48.0 Å². The lowest BCUT2D eigenvalue weighted by atomic mass is 9.97. The number of hydrogen-bond acceptors (Lipinski definition) is 2. The standard InChI is InChI=1S/C18H19NO2/c20-18(17-7-3-4-10-21-17)12-8-9-16-14(11-12)13-5-1-2-6-15(13)19-16/h1-2,5-6,8-9,11,17-20H,3-4,7,10H2. The molecule has 2 unspecified atom stereocenters. The molecule has 2 atom stereocenters. The van der Waals surface area contributed by atoms with Crippen LogP contribution in [0.1, 0.15) is 30.9 Å². The number of H-pyrrole nitrogens is 1. The summed E-state index contributed by atoms with van der Waals surface area (Å²) >= 11 is 0. The van der Waals surface area contributed by atoms with E-state index in [1.807, 2.05) is 18.2 Å². The van der Waals surface area contributed by atoms with Crippen LogP contribution >= 0.6 is 0 Å². The maximum atomic E-state index is 10.6. The largest absolute Gasteiger partial charge is 0.386 e. The molecule has 0 radical (unpaired) electrons. The number of nitrogens with one attached hydrogen (secondary N) is 1. The number of hydrogen-bond donors (Lipinski definition) is 2.